The van der Waals surface area contributed by atoms with Crippen molar-refractivity contribution in [3.8, 4) is 0 Å². The van der Waals surface area contributed by atoms with Gasteiger partial charge in [-0.15, -0.1) is 0 Å². The van der Waals surface area contributed by atoms with E-state index in [2.05, 4.69) is 54.3 Å². The molecule has 1 aromatic rings. The van der Waals surface area contributed by atoms with Crippen LogP contribution in [0.4, 0.5) is 0 Å². The summed E-state index contributed by atoms with van der Waals surface area (Å²) in [5, 5.41) is 0. The summed E-state index contributed by atoms with van der Waals surface area (Å²) < 4.78 is 0. The van der Waals surface area contributed by atoms with Crippen molar-refractivity contribution < 1.29 is 0 Å². The molecule has 0 N–H and O–H groups in total. The molecule has 2 unspecified atom stereocenters. The van der Waals surface area contributed by atoms with E-state index in [1.165, 1.54) is 50.8 Å². The van der Waals surface area contributed by atoms with Gasteiger partial charge in [-0.2, -0.15) is 0 Å². The van der Waals surface area contributed by atoms with E-state index in [4.69, 9.17) is 0 Å². The molecule has 0 aromatic heterocycles. The smallest absolute Gasteiger partial charge is 0.00979 e. The van der Waals surface area contributed by atoms with Gasteiger partial charge in [-0.05, 0) is 62.6 Å². The van der Waals surface area contributed by atoms with Crippen LogP contribution in [0.3, 0.4) is 0 Å². The SMILES string of the molecule is CC1CCC(N2CCC(/C=C\c3ccccc3)CC2)C1. The maximum atomic E-state index is 2.76. The van der Waals surface area contributed by atoms with E-state index < -0.39 is 0 Å². The predicted molar refractivity (Wildman–Crippen MR) is 86.6 cm³/mol. The molecule has 1 nitrogen and oxygen atoms in total. The van der Waals surface area contributed by atoms with Crippen molar-refractivity contribution >= 4 is 6.08 Å². The van der Waals surface area contributed by atoms with Crippen molar-refractivity contribution in [2.75, 3.05) is 13.1 Å². The van der Waals surface area contributed by atoms with E-state index >= 15 is 0 Å². The average molecular weight is 269 g/mol. The molecule has 1 aliphatic heterocycles. The largest absolute Gasteiger partial charge is 0.300 e. The predicted octanol–water partition coefficient (Wildman–Crippen LogP) is 4.60. The molecule has 0 spiro atoms. The van der Waals surface area contributed by atoms with Crippen molar-refractivity contribution in [3.63, 3.8) is 0 Å². The Morgan fingerprint density at radius 1 is 1.00 bits per heavy atom. The van der Waals surface area contributed by atoms with Gasteiger partial charge in [0.15, 0.2) is 0 Å². The molecule has 0 bridgehead atoms. The van der Waals surface area contributed by atoms with Gasteiger partial charge in [-0.3, -0.25) is 0 Å². The van der Waals surface area contributed by atoms with Crippen LogP contribution < -0.4 is 0 Å². The molecule has 108 valence electrons. The third-order valence-electron chi connectivity index (χ3n) is 5.12. The lowest BCUT2D eigenvalue weighted by Crippen LogP contribution is -2.39. The Balaban J connectivity index is 1.48. The fourth-order valence-corrected chi connectivity index (χ4v) is 3.80. The number of rotatable bonds is 3. The van der Waals surface area contributed by atoms with Crippen molar-refractivity contribution in [1.82, 2.24) is 4.90 Å². The molecule has 0 radical (unpaired) electrons. The molecular formula is C19H27N. The average Bonchev–Trinajstić information content (AvgIpc) is 2.93. The van der Waals surface area contributed by atoms with Crippen LogP contribution in [0.5, 0.6) is 0 Å². The molecule has 1 saturated carbocycles. The molecule has 3 rings (SSSR count). The van der Waals surface area contributed by atoms with E-state index in [1.807, 2.05) is 0 Å². The number of hydrogen-bond donors (Lipinski definition) is 0. The Kier molecular flexibility index (Phi) is 4.57. The second-order valence-corrected chi connectivity index (χ2v) is 6.72. The summed E-state index contributed by atoms with van der Waals surface area (Å²) in [6, 6.07) is 11.6. The minimum atomic E-state index is 0.783. The van der Waals surface area contributed by atoms with E-state index in [9.17, 15) is 0 Å². The Morgan fingerprint density at radius 3 is 2.40 bits per heavy atom. The van der Waals surface area contributed by atoms with Crippen molar-refractivity contribution in [2.45, 2.75) is 45.1 Å². The number of piperidine rings is 1. The molecule has 1 saturated heterocycles. The van der Waals surface area contributed by atoms with Gasteiger partial charge in [-0.1, -0.05) is 49.4 Å². The van der Waals surface area contributed by atoms with Crippen LogP contribution in [0.25, 0.3) is 6.08 Å². The maximum absolute atomic E-state index is 2.76. The molecular weight excluding hydrogens is 242 g/mol. The highest BCUT2D eigenvalue weighted by molar-refractivity contribution is 5.48. The second-order valence-electron chi connectivity index (χ2n) is 6.72. The number of nitrogens with zero attached hydrogens (tertiary/aromatic N) is 1. The lowest BCUT2D eigenvalue weighted by Gasteiger charge is -2.35. The van der Waals surface area contributed by atoms with E-state index in [1.54, 1.807) is 0 Å². The Bertz CT molecular complexity index is 428. The summed E-state index contributed by atoms with van der Waals surface area (Å²) in [6.07, 6.45) is 11.7. The number of hydrogen-bond acceptors (Lipinski definition) is 1. The summed E-state index contributed by atoms with van der Waals surface area (Å²) in [4.78, 5) is 2.76. The van der Waals surface area contributed by atoms with Crippen LogP contribution in [0.1, 0.15) is 44.6 Å². The fourth-order valence-electron chi connectivity index (χ4n) is 3.80. The molecule has 2 fully saturated rings. The van der Waals surface area contributed by atoms with Gasteiger partial charge < -0.3 is 4.90 Å². The Labute approximate surface area is 123 Å². The highest BCUT2D eigenvalue weighted by atomic mass is 15.2. The van der Waals surface area contributed by atoms with E-state index in [0.29, 0.717) is 0 Å². The number of allylic oxidation sites excluding steroid dienone is 1. The van der Waals surface area contributed by atoms with Crippen molar-refractivity contribution in [3.05, 3.63) is 42.0 Å². The molecule has 0 amide bonds. The van der Waals surface area contributed by atoms with Gasteiger partial charge in [0.05, 0.1) is 0 Å². The first kappa shape index (κ1) is 13.9. The van der Waals surface area contributed by atoms with Crippen LogP contribution in [0.15, 0.2) is 36.4 Å². The topological polar surface area (TPSA) is 3.24 Å². The highest BCUT2D eigenvalue weighted by Gasteiger charge is 2.29. The van der Waals surface area contributed by atoms with E-state index in [0.717, 1.165) is 17.9 Å². The summed E-state index contributed by atoms with van der Waals surface area (Å²) in [5.74, 6) is 1.74. The van der Waals surface area contributed by atoms with Gasteiger partial charge in [0, 0.05) is 6.04 Å². The lowest BCUT2D eigenvalue weighted by atomic mass is 9.94. The van der Waals surface area contributed by atoms with Gasteiger partial charge in [0.2, 0.25) is 0 Å². The van der Waals surface area contributed by atoms with Crippen molar-refractivity contribution in [1.29, 1.82) is 0 Å². The molecule has 2 aliphatic rings. The summed E-state index contributed by atoms with van der Waals surface area (Å²) in [7, 11) is 0. The highest BCUT2D eigenvalue weighted by Crippen LogP contribution is 2.31. The van der Waals surface area contributed by atoms with Crippen LogP contribution in [-0.2, 0) is 0 Å². The normalized spacial score (nSPS) is 29.2. The van der Waals surface area contributed by atoms with Crippen LogP contribution in [-0.4, -0.2) is 24.0 Å². The first-order valence-electron chi connectivity index (χ1n) is 8.28. The lowest BCUT2D eigenvalue weighted by molar-refractivity contribution is 0.145. The molecule has 1 heterocycles. The standard InChI is InChI=1S/C19H27N/c1-16-7-10-19(15-16)20-13-11-18(12-14-20)9-8-17-5-3-2-4-6-17/h2-6,8-9,16,18-19H,7,10-15H2,1H3/b9-8-. The molecule has 1 aromatic carbocycles. The summed E-state index contributed by atoms with van der Waals surface area (Å²) in [5.41, 5.74) is 1.33. The monoisotopic (exact) mass is 269 g/mol. The van der Waals surface area contributed by atoms with Gasteiger partial charge >= 0.3 is 0 Å². The maximum Gasteiger partial charge on any atom is 0.00979 e. The first-order chi connectivity index (χ1) is 9.81. The zero-order chi connectivity index (χ0) is 13.8. The Morgan fingerprint density at radius 2 is 1.75 bits per heavy atom. The first-order valence-corrected chi connectivity index (χ1v) is 8.28. The number of benzene rings is 1. The quantitative estimate of drug-likeness (QED) is 0.775. The Hall–Kier alpha value is -1.08. The van der Waals surface area contributed by atoms with Gasteiger partial charge in [0.25, 0.3) is 0 Å². The molecule has 1 heteroatoms. The van der Waals surface area contributed by atoms with E-state index in [-0.39, 0.29) is 0 Å². The molecule has 2 atom stereocenters. The fraction of sp³-hybridized carbons (Fsp3) is 0.579. The zero-order valence-corrected chi connectivity index (χ0v) is 12.7. The molecule has 20 heavy (non-hydrogen) atoms. The second kappa shape index (κ2) is 6.58. The number of likely N-dealkylation sites (tertiary alicyclic amines) is 1. The molecule has 1 aliphatic carbocycles. The zero-order valence-electron chi connectivity index (χ0n) is 12.7. The minimum absolute atomic E-state index is 0.783. The van der Waals surface area contributed by atoms with Crippen LogP contribution in [0.2, 0.25) is 0 Å². The van der Waals surface area contributed by atoms with Gasteiger partial charge in [0.1, 0.15) is 0 Å². The minimum Gasteiger partial charge on any atom is -0.300 e. The summed E-state index contributed by atoms with van der Waals surface area (Å²) in [6.45, 7) is 5.03. The van der Waals surface area contributed by atoms with Gasteiger partial charge in [-0.25, -0.2) is 0 Å². The third-order valence-corrected chi connectivity index (χ3v) is 5.12. The van der Waals surface area contributed by atoms with Crippen LogP contribution >= 0.6 is 0 Å². The van der Waals surface area contributed by atoms with Crippen LogP contribution in [0, 0.1) is 11.8 Å². The summed E-state index contributed by atoms with van der Waals surface area (Å²) >= 11 is 0. The van der Waals surface area contributed by atoms with Crippen molar-refractivity contribution in [2.24, 2.45) is 11.8 Å². The third kappa shape index (κ3) is 3.52.